The van der Waals surface area contributed by atoms with Crippen LogP contribution in [0.25, 0.3) is 0 Å². The quantitative estimate of drug-likeness (QED) is 0.611. The maximum atomic E-state index is 14.5. The number of aryl methyl sites for hydroxylation is 1. The third-order valence-corrected chi connectivity index (χ3v) is 7.36. The molecular weight excluding hydrogens is 431 g/mol. The van der Waals surface area contributed by atoms with Crippen molar-refractivity contribution in [3.8, 4) is 0 Å². The molecule has 1 aliphatic heterocycles. The van der Waals surface area contributed by atoms with Gasteiger partial charge in [0.05, 0.1) is 12.2 Å². The van der Waals surface area contributed by atoms with Gasteiger partial charge in [-0.3, -0.25) is 4.79 Å². The summed E-state index contributed by atoms with van der Waals surface area (Å²) in [5.74, 6) is -0.924. The van der Waals surface area contributed by atoms with Crippen LogP contribution in [0.2, 0.25) is 0 Å². The van der Waals surface area contributed by atoms with E-state index in [-0.39, 0.29) is 5.56 Å². The van der Waals surface area contributed by atoms with Gasteiger partial charge in [0.2, 0.25) is 10.0 Å². The van der Waals surface area contributed by atoms with E-state index < -0.39 is 26.6 Å². The van der Waals surface area contributed by atoms with Crippen molar-refractivity contribution in [2.75, 3.05) is 18.4 Å². The Bertz CT molecular complexity index is 1220. The topological polar surface area (TPSA) is 84.3 Å². The third-order valence-electron chi connectivity index (χ3n) is 5.45. The number of benzene rings is 2. The molecule has 0 saturated carbocycles. The Morgan fingerprint density at radius 2 is 1.78 bits per heavy atom. The van der Waals surface area contributed by atoms with Gasteiger partial charge in [-0.25, -0.2) is 17.5 Å². The number of carbonyl (C=O) groups excluding carboxylic acids is 1. The number of rotatable bonds is 6. The van der Waals surface area contributed by atoms with Crippen LogP contribution in [-0.2, 0) is 16.6 Å². The molecule has 2 heterocycles. The molecular formula is C23H25FN4O3S. The second kappa shape index (κ2) is 9.22. The molecule has 1 amide bonds. The van der Waals surface area contributed by atoms with Gasteiger partial charge < -0.3 is 5.32 Å². The van der Waals surface area contributed by atoms with E-state index in [1.54, 1.807) is 10.7 Å². The zero-order valence-electron chi connectivity index (χ0n) is 17.8. The predicted molar refractivity (Wildman–Crippen MR) is 119 cm³/mol. The van der Waals surface area contributed by atoms with Crippen LogP contribution in [0.4, 0.5) is 10.2 Å². The second-order valence-corrected chi connectivity index (χ2v) is 9.78. The summed E-state index contributed by atoms with van der Waals surface area (Å²) in [6.45, 7) is 2.99. The molecule has 4 rings (SSSR count). The Balaban J connectivity index is 1.58. The Kier molecular flexibility index (Phi) is 6.38. The second-order valence-electron chi connectivity index (χ2n) is 7.88. The van der Waals surface area contributed by atoms with E-state index in [0.29, 0.717) is 25.5 Å². The van der Waals surface area contributed by atoms with Gasteiger partial charge in [-0.2, -0.15) is 9.40 Å². The highest BCUT2D eigenvalue weighted by Gasteiger charge is 2.29. The highest BCUT2D eigenvalue weighted by molar-refractivity contribution is 7.89. The van der Waals surface area contributed by atoms with Crippen molar-refractivity contribution < 1.29 is 17.6 Å². The highest BCUT2D eigenvalue weighted by atomic mass is 32.2. The van der Waals surface area contributed by atoms with Crippen LogP contribution in [0.15, 0.2) is 59.5 Å². The van der Waals surface area contributed by atoms with Gasteiger partial charge in [-0.05, 0) is 43.5 Å². The lowest BCUT2D eigenvalue weighted by Gasteiger charge is -2.26. The number of anilines is 1. The van der Waals surface area contributed by atoms with Gasteiger partial charge in [0, 0.05) is 24.7 Å². The third kappa shape index (κ3) is 4.73. The molecule has 0 unspecified atom stereocenters. The lowest BCUT2D eigenvalue weighted by molar-refractivity contribution is 0.102. The maximum absolute atomic E-state index is 14.5. The SMILES string of the molecule is Cc1cc(NC(=O)c2ccc(F)c(S(=O)(=O)N3CCCCC3)c2)n(Cc2ccccc2)n1. The van der Waals surface area contributed by atoms with Gasteiger partial charge in [0.15, 0.2) is 0 Å². The van der Waals surface area contributed by atoms with Crippen molar-refractivity contribution in [1.82, 2.24) is 14.1 Å². The number of carbonyl (C=O) groups is 1. The lowest BCUT2D eigenvalue weighted by atomic mass is 10.2. The standard InChI is InChI=1S/C23H25FN4O3S/c1-17-14-22(28(26-17)16-18-8-4-2-5-9-18)25-23(29)19-10-11-20(24)21(15-19)32(30,31)27-12-6-3-7-13-27/h2,4-5,8-11,14-15H,3,6-7,12-13,16H2,1H3,(H,25,29). The van der Waals surface area contributed by atoms with E-state index in [1.165, 1.54) is 10.4 Å². The largest absolute Gasteiger partial charge is 0.307 e. The molecule has 0 aliphatic carbocycles. The zero-order chi connectivity index (χ0) is 22.7. The Morgan fingerprint density at radius 1 is 1.06 bits per heavy atom. The zero-order valence-corrected chi connectivity index (χ0v) is 18.6. The van der Waals surface area contributed by atoms with Crippen molar-refractivity contribution >= 4 is 21.7 Å². The minimum Gasteiger partial charge on any atom is -0.307 e. The van der Waals surface area contributed by atoms with Gasteiger partial charge in [0.1, 0.15) is 16.5 Å². The van der Waals surface area contributed by atoms with Crippen LogP contribution < -0.4 is 5.32 Å². The van der Waals surface area contributed by atoms with Crippen molar-refractivity contribution in [3.05, 3.63) is 77.2 Å². The number of nitrogens with zero attached hydrogens (tertiary/aromatic N) is 3. The van der Waals surface area contributed by atoms with E-state index in [9.17, 15) is 17.6 Å². The number of amides is 1. The first-order valence-corrected chi connectivity index (χ1v) is 12.0. The summed E-state index contributed by atoms with van der Waals surface area (Å²) in [4.78, 5) is 12.4. The number of hydrogen-bond acceptors (Lipinski definition) is 4. The first kappa shape index (κ1) is 22.2. The molecule has 1 saturated heterocycles. The summed E-state index contributed by atoms with van der Waals surface area (Å²) in [6.07, 6.45) is 2.44. The van der Waals surface area contributed by atoms with Crippen LogP contribution in [0.1, 0.15) is 40.9 Å². The van der Waals surface area contributed by atoms with Crippen molar-refractivity contribution in [2.45, 2.75) is 37.6 Å². The number of nitrogens with one attached hydrogen (secondary N) is 1. The minimum absolute atomic E-state index is 0.0621. The molecule has 0 radical (unpaired) electrons. The maximum Gasteiger partial charge on any atom is 0.256 e. The molecule has 168 valence electrons. The molecule has 0 bridgehead atoms. The molecule has 3 aromatic rings. The van der Waals surface area contributed by atoms with Gasteiger partial charge in [0.25, 0.3) is 5.91 Å². The summed E-state index contributed by atoms with van der Waals surface area (Å²) < 4.78 is 43.3. The molecule has 2 aromatic carbocycles. The van der Waals surface area contributed by atoms with Crippen LogP contribution in [-0.4, -0.2) is 41.5 Å². The minimum atomic E-state index is -4.01. The van der Waals surface area contributed by atoms with Crippen LogP contribution >= 0.6 is 0 Å². The smallest absolute Gasteiger partial charge is 0.256 e. The normalized spacial score (nSPS) is 14.9. The predicted octanol–water partition coefficient (Wildman–Crippen LogP) is 3.81. The Labute approximate surface area is 186 Å². The highest BCUT2D eigenvalue weighted by Crippen LogP contribution is 2.24. The number of sulfonamides is 1. The van der Waals surface area contributed by atoms with Crippen molar-refractivity contribution in [3.63, 3.8) is 0 Å². The monoisotopic (exact) mass is 456 g/mol. The summed E-state index contributed by atoms with van der Waals surface area (Å²) in [5, 5.41) is 7.20. The molecule has 0 spiro atoms. The summed E-state index contributed by atoms with van der Waals surface area (Å²) in [6, 6.07) is 14.8. The van der Waals surface area contributed by atoms with Crippen LogP contribution in [0, 0.1) is 12.7 Å². The fourth-order valence-electron chi connectivity index (χ4n) is 3.80. The molecule has 1 fully saturated rings. The van der Waals surface area contributed by atoms with Gasteiger partial charge in [-0.15, -0.1) is 0 Å². The Hall–Kier alpha value is -3.04. The van der Waals surface area contributed by atoms with Crippen molar-refractivity contribution in [2.24, 2.45) is 0 Å². The van der Waals surface area contributed by atoms with Crippen LogP contribution in [0.5, 0.6) is 0 Å². The Morgan fingerprint density at radius 3 is 2.50 bits per heavy atom. The fraction of sp³-hybridized carbons (Fsp3) is 0.304. The average molecular weight is 457 g/mol. The average Bonchev–Trinajstić information content (AvgIpc) is 3.13. The van der Waals surface area contributed by atoms with E-state index in [2.05, 4.69) is 10.4 Å². The molecule has 32 heavy (non-hydrogen) atoms. The number of piperidine rings is 1. The lowest BCUT2D eigenvalue weighted by Crippen LogP contribution is -2.36. The molecule has 9 heteroatoms. The molecule has 1 aliphatic rings. The van der Waals surface area contributed by atoms with E-state index in [4.69, 9.17) is 0 Å². The van der Waals surface area contributed by atoms with E-state index in [0.717, 1.165) is 42.7 Å². The summed E-state index contributed by atoms with van der Waals surface area (Å²) in [5.41, 5.74) is 1.80. The molecule has 1 aromatic heterocycles. The first-order valence-electron chi connectivity index (χ1n) is 10.5. The van der Waals surface area contributed by atoms with E-state index in [1.807, 2.05) is 37.3 Å². The number of halogens is 1. The molecule has 7 nitrogen and oxygen atoms in total. The fourth-order valence-corrected chi connectivity index (χ4v) is 5.41. The summed E-state index contributed by atoms with van der Waals surface area (Å²) >= 11 is 0. The number of aromatic nitrogens is 2. The van der Waals surface area contributed by atoms with Gasteiger partial charge >= 0.3 is 0 Å². The van der Waals surface area contributed by atoms with Crippen molar-refractivity contribution in [1.29, 1.82) is 0 Å². The molecule has 1 N–H and O–H groups in total. The van der Waals surface area contributed by atoms with E-state index >= 15 is 0 Å². The summed E-state index contributed by atoms with van der Waals surface area (Å²) in [7, 11) is -4.01. The van der Waals surface area contributed by atoms with Crippen LogP contribution in [0.3, 0.4) is 0 Å². The molecule has 0 atom stereocenters. The first-order chi connectivity index (χ1) is 15.3. The van der Waals surface area contributed by atoms with Gasteiger partial charge in [-0.1, -0.05) is 36.8 Å². The number of hydrogen-bond donors (Lipinski definition) is 1.